The van der Waals surface area contributed by atoms with Crippen molar-refractivity contribution in [2.75, 3.05) is 0 Å². The molecule has 4 heteroatoms. The average molecular weight is 278 g/mol. The lowest BCUT2D eigenvalue weighted by Crippen LogP contribution is -2.00. The number of ether oxygens (including phenoxy) is 1. The first-order valence-corrected chi connectivity index (χ1v) is 7.21. The largest absolute Gasteiger partial charge is 0.435 e. The first-order chi connectivity index (χ1) is 9.22. The van der Waals surface area contributed by atoms with E-state index in [9.17, 15) is 9.59 Å². The van der Waals surface area contributed by atoms with Crippen LogP contribution in [0, 0.1) is 0 Å². The quantitative estimate of drug-likeness (QED) is 0.413. The van der Waals surface area contributed by atoms with E-state index in [4.69, 9.17) is 0 Å². The predicted molar refractivity (Wildman–Crippen MR) is 77.5 cm³/mol. The van der Waals surface area contributed by atoms with Gasteiger partial charge < -0.3 is 4.74 Å². The van der Waals surface area contributed by atoms with E-state index in [0.717, 1.165) is 11.8 Å². The smallest absolute Gasteiger partial charge is 0.310 e. The van der Waals surface area contributed by atoms with Gasteiger partial charge in [0.05, 0.1) is 6.26 Å². The minimum Gasteiger partial charge on any atom is -0.435 e. The van der Waals surface area contributed by atoms with E-state index in [1.165, 1.54) is 11.8 Å². The van der Waals surface area contributed by atoms with E-state index in [1.54, 1.807) is 0 Å². The van der Waals surface area contributed by atoms with E-state index in [2.05, 4.69) is 11.3 Å². The second kappa shape index (κ2) is 9.39. The number of rotatable bonds is 8. The van der Waals surface area contributed by atoms with Crippen molar-refractivity contribution in [3.8, 4) is 0 Å². The van der Waals surface area contributed by atoms with Crippen molar-refractivity contribution in [3.63, 3.8) is 0 Å². The van der Waals surface area contributed by atoms with Crippen LogP contribution in [0.25, 0.3) is 0 Å². The Kier molecular flexibility index (Phi) is 7.66. The Morgan fingerprint density at radius 1 is 1.16 bits per heavy atom. The summed E-state index contributed by atoms with van der Waals surface area (Å²) in [7, 11) is 0. The second-order valence-corrected chi connectivity index (χ2v) is 5.04. The molecular formula is C15H18O3S. The SMILES string of the molecule is C=COC(=O)CCCCC(=O)SCc1ccccc1. The van der Waals surface area contributed by atoms with Crippen molar-refractivity contribution in [2.45, 2.75) is 31.4 Å². The monoisotopic (exact) mass is 278 g/mol. The molecule has 1 aromatic carbocycles. The van der Waals surface area contributed by atoms with E-state index in [1.807, 2.05) is 30.3 Å². The van der Waals surface area contributed by atoms with Gasteiger partial charge in [-0.15, -0.1) is 0 Å². The summed E-state index contributed by atoms with van der Waals surface area (Å²) in [4.78, 5) is 22.6. The van der Waals surface area contributed by atoms with Gasteiger partial charge in [0.25, 0.3) is 0 Å². The van der Waals surface area contributed by atoms with Crippen molar-refractivity contribution < 1.29 is 14.3 Å². The summed E-state index contributed by atoms with van der Waals surface area (Å²) < 4.78 is 4.59. The topological polar surface area (TPSA) is 43.4 Å². The molecule has 0 aromatic heterocycles. The van der Waals surface area contributed by atoms with Crippen molar-refractivity contribution in [3.05, 3.63) is 48.7 Å². The van der Waals surface area contributed by atoms with Crippen LogP contribution < -0.4 is 0 Å². The van der Waals surface area contributed by atoms with Crippen molar-refractivity contribution in [1.29, 1.82) is 0 Å². The van der Waals surface area contributed by atoms with E-state index >= 15 is 0 Å². The van der Waals surface area contributed by atoms with Gasteiger partial charge in [0.2, 0.25) is 0 Å². The molecule has 0 aliphatic rings. The molecule has 0 amide bonds. The van der Waals surface area contributed by atoms with Crippen molar-refractivity contribution >= 4 is 22.8 Å². The summed E-state index contributed by atoms with van der Waals surface area (Å²) in [5.41, 5.74) is 1.15. The Morgan fingerprint density at radius 3 is 2.53 bits per heavy atom. The number of carbonyl (C=O) groups excluding carboxylic acids is 2. The number of carbonyl (C=O) groups is 2. The minimum absolute atomic E-state index is 0.168. The minimum atomic E-state index is -0.292. The fourth-order valence-corrected chi connectivity index (χ4v) is 2.31. The third kappa shape index (κ3) is 7.47. The summed E-state index contributed by atoms with van der Waals surface area (Å²) in [6, 6.07) is 9.90. The van der Waals surface area contributed by atoms with Crippen LogP contribution in [0.15, 0.2) is 43.2 Å². The zero-order valence-corrected chi connectivity index (χ0v) is 11.7. The molecule has 0 aliphatic carbocycles. The fraction of sp³-hybridized carbons (Fsp3) is 0.333. The maximum absolute atomic E-state index is 11.6. The van der Waals surface area contributed by atoms with Crippen LogP contribution in [-0.4, -0.2) is 11.1 Å². The van der Waals surface area contributed by atoms with Gasteiger partial charge in [-0.1, -0.05) is 48.7 Å². The highest BCUT2D eigenvalue weighted by atomic mass is 32.2. The van der Waals surface area contributed by atoms with Crippen LogP contribution in [0.2, 0.25) is 0 Å². The molecule has 19 heavy (non-hydrogen) atoms. The number of thioether (sulfide) groups is 1. The maximum atomic E-state index is 11.6. The van der Waals surface area contributed by atoms with Gasteiger partial charge in [0, 0.05) is 18.6 Å². The van der Waals surface area contributed by atoms with E-state index < -0.39 is 0 Å². The lowest BCUT2D eigenvalue weighted by Gasteiger charge is -2.01. The number of benzene rings is 1. The Balaban J connectivity index is 2.08. The lowest BCUT2D eigenvalue weighted by atomic mass is 10.2. The Morgan fingerprint density at radius 2 is 1.84 bits per heavy atom. The molecule has 0 N–H and O–H groups in total. The molecular weight excluding hydrogens is 260 g/mol. The van der Waals surface area contributed by atoms with E-state index in [-0.39, 0.29) is 11.1 Å². The highest BCUT2D eigenvalue weighted by molar-refractivity contribution is 8.12. The van der Waals surface area contributed by atoms with Gasteiger partial charge in [-0.2, -0.15) is 0 Å². The lowest BCUT2D eigenvalue weighted by molar-refractivity contribution is -0.138. The van der Waals surface area contributed by atoms with Gasteiger partial charge in [-0.25, -0.2) is 0 Å². The van der Waals surface area contributed by atoms with Gasteiger partial charge in [-0.05, 0) is 18.4 Å². The molecule has 0 bridgehead atoms. The number of esters is 1. The second-order valence-electron chi connectivity index (χ2n) is 4.01. The number of hydrogen-bond donors (Lipinski definition) is 0. The molecule has 0 spiro atoms. The molecule has 0 fully saturated rings. The van der Waals surface area contributed by atoms with Gasteiger partial charge in [-0.3, -0.25) is 9.59 Å². The summed E-state index contributed by atoms with van der Waals surface area (Å²) in [6.07, 6.45) is 3.35. The summed E-state index contributed by atoms with van der Waals surface area (Å²) in [6.45, 7) is 3.31. The number of hydrogen-bond acceptors (Lipinski definition) is 4. The average Bonchev–Trinajstić information content (AvgIpc) is 2.43. The molecule has 3 nitrogen and oxygen atoms in total. The molecule has 1 aromatic rings. The van der Waals surface area contributed by atoms with Crippen LogP contribution in [0.5, 0.6) is 0 Å². The van der Waals surface area contributed by atoms with Crippen molar-refractivity contribution in [2.24, 2.45) is 0 Å². The standard InChI is InChI=1S/C15H18O3S/c1-2-18-14(16)10-6-7-11-15(17)19-12-13-8-4-3-5-9-13/h2-5,8-9H,1,6-7,10-12H2. The normalized spacial score (nSPS) is 9.89. The highest BCUT2D eigenvalue weighted by Crippen LogP contribution is 2.16. The van der Waals surface area contributed by atoms with Crippen LogP contribution >= 0.6 is 11.8 Å². The Labute approximate surface area is 118 Å². The summed E-state index contributed by atoms with van der Waals surface area (Å²) >= 11 is 1.33. The highest BCUT2D eigenvalue weighted by Gasteiger charge is 2.05. The zero-order valence-electron chi connectivity index (χ0n) is 10.8. The molecule has 0 heterocycles. The first-order valence-electron chi connectivity index (χ1n) is 6.22. The van der Waals surface area contributed by atoms with Crippen molar-refractivity contribution in [1.82, 2.24) is 0 Å². The molecule has 102 valence electrons. The van der Waals surface area contributed by atoms with Crippen LogP contribution in [0.1, 0.15) is 31.2 Å². The summed E-state index contributed by atoms with van der Waals surface area (Å²) in [5, 5.41) is 0.168. The maximum Gasteiger partial charge on any atom is 0.310 e. The molecule has 1 rings (SSSR count). The predicted octanol–water partition coefficient (Wildman–Crippen LogP) is 3.69. The third-order valence-electron chi connectivity index (χ3n) is 2.47. The molecule has 0 atom stereocenters. The summed E-state index contributed by atoms with van der Waals surface area (Å²) in [5.74, 6) is 0.414. The Hall–Kier alpha value is -1.55. The molecule has 0 saturated heterocycles. The van der Waals surface area contributed by atoms with E-state index in [0.29, 0.717) is 31.4 Å². The molecule has 0 saturated carbocycles. The molecule has 0 aliphatic heterocycles. The zero-order chi connectivity index (χ0) is 13.9. The molecule has 0 radical (unpaired) electrons. The van der Waals surface area contributed by atoms with Gasteiger partial charge in [0.1, 0.15) is 0 Å². The first kappa shape index (κ1) is 15.5. The van der Waals surface area contributed by atoms with Gasteiger partial charge >= 0.3 is 5.97 Å². The fourth-order valence-electron chi connectivity index (χ4n) is 1.50. The van der Waals surface area contributed by atoms with Crippen LogP contribution in [0.3, 0.4) is 0 Å². The van der Waals surface area contributed by atoms with Crippen LogP contribution in [0.4, 0.5) is 0 Å². The molecule has 0 unspecified atom stereocenters. The Bertz CT molecular complexity index is 415. The number of unbranched alkanes of at least 4 members (excludes halogenated alkanes) is 1. The third-order valence-corrected chi connectivity index (χ3v) is 3.47. The van der Waals surface area contributed by atoms with Crippen LogP contribution in [-0.2, 0) is 20.1 Å². The van der Waals surface area contributed by atoms with Gasteiger partial charge in [0.15, 0.2) is 5.12 Å².